The lowest BCUT2D eigenvalue weighted by Gasteiger charge is -2.31. The third-order valence-electron chi connectivity index (χ3n) is 2.76. The molecule has 5 nitrogen and oxygen atoms in total. The monoisotopic (exact) mass is 287 g/mol. The number of rotatable bonds is 5. The molecule has 0 aliphatic rings. The van der Waals surface area contributed by atoms with Crippen LogP contribution < -0.4 is 16.6 Å². The van der Waals surface area contributed by atoms with Gasteiger partial charge in [0.15, 0.2) is 0 Å². The summed E-state index contributed by atoms with van der Waals surface area (Å²) in [6.45, 7) is 6.43. The first-order valence-electron chi connectivity index (χ1n) is 6.07. The summed E-state index contributed by atoms with van der Waals surface area (Å²) in [4.78, 5) is 25.7. The summed E-state index contributed by atoms with van der Waals surface area (Å²) in [6, 6.07) is 2.85. The predicted molar refractivity (Wildman–Crippen MR) is 78.7 cm³/mol. The van der Waals surface area contributed by atoms with E-state index in [9.17, 15) is 9.59 Å². The summed E-state index contributed by atoms with van der Waals surface area (Å²) in [5.41, 5.74) is 5.34. The van der Waals surface area contributed by atoms with Gasteiger partial charge in [0.05, 0.1) is 0 Å². The van der Waals surface area contributed by atoms with Gasteiger partial charge in [-0.25, -0.2) is 0 Å². The van der Waals surface area contributed by atoms with Crippen molar-refractivity contribution in [2.45, 2.75) is 32.7 Å². The number of nitrogens with one attached hydrogen (secondary N) is 2. The Labute approximate surface area is 119 Å². The highest BCUT2D eigenvalue weighted by Crippen LogP contribution is 2.15. The van der Waals surface area contributed by atoms with Gasteiger partial charge in [-0.1, -0.05) is 13.8 Å². The topological polar surface area (TPSA) is 88.0 Å². The summed E-state index contributed by atoms with van der Waals surface area (Å²) < 4.78 is 0. The van der Waals surface area contributed by atoms with Gasteiger partial charge in [0, 0.05) is 29.9 Å². The summed E-state index contributed by atoms with van der Waals surface area (Å²) in [5, 5.41) is 2.90. The van der Waals surface area contributed by atoms with Crippen molar-refractivity contribution >= 4 is 18.3 Å². The standard InChI is InChI=1S/C13H21N3O2.ClH/c1-9(2)7-13(3,8-14)16-12(18)10-4-5-15-11(17)6-10;/h4-6,9H,7-8,14H2,1-3H3,(H,15,17)(H,16,18);1H. The zero-order chi connectivity index (χ0) is 13.8. The highest BCUT2D eigenvalue weighted by Gasteiger charge is 2.26. The molecule has 1 rings (SSSR count). The molecule has 1 aromatic heterocycles. The van der Waals surface area contributed by atoms with E-state index in [0.29, 0.717) is 18.0 Å². The Morgan fingerprint density at radius 2 is 2.16 bits per heavy atom. The van der Waals surface area contributed by atoms with Crippen LogP contribution in [0.25, 0.3) is 0 Å². The first kappa shape index (κ1) is 17.7. The maximum absolute atomic E-state index is 12.0. The van der Waals surface area contributed by atoms with Crippen molar-refractivity contribution in [3.8, 4) is 0 Å². The van der Waals surface area contributed by atoms with Crippen molar-refractivity contribution < 1.29 is 4.79 Å². The number of carbonyl (C=O) groups excluding carboxylic acids is 1. The van der Waals surface area contributed by atoms with Gasteiger partial charge in [0.25, 0.3) is 5.91 Å². The summed E-state index contributed by atoms with van der Waals surface area (Å²) in [5.74, 6) is 0.160. The number of amides is 1. The largest absolute Gasteiger partial charge is 0.346 e. The lowest BCUT2D eigenvalue weighted by atomic mass is 9.90. The average Bonchev–Trinajstić information content (AvgIpc) is 2.27. The quantitative estimate of drug-likeness (QED) is 0.762. The molecule has 1 amide bonds. The molecule has 0 spiro atoms. The zero-order valence-electron chi connectivity index (χ0n) is 11.5. The Morgan fingerprint density at radius 3 is 2.63 bits per heavy atom. The smallest absolute Gasteiger partial charge is 0.251 e. The number of hydrogen-bond donors (Lipinski definition) is 3. The van der Waals surface area contributed by atoms with Crippen LogP contribution in [0.2, 0.25) is 0 Å². The van der Waals surface area contributed by atoms with Crippen LogP contribution in [0.15, 0.2) is 23.1 Å². The second-order valence-electron chi connectivity index (χ2n) is 5.26. The van der Waals surface area contributed by atoms with Crippen LogP contribution in [0.1, 0.15) is 37.6 Å². The number of nitrogens with two attached hydrogens (primary N) is 1. The highest BCUT2D eigenvalue weighted by molar-refractivity contribution is 5.94. The number of halogens is 1. The second-order valence-corrected chi connectivity index (χ2v) is 5.26. The van der Waals surface area contributed by atoms with E-state index in [0.717, 1.165) is 6.42 Å². The summed E-state index contributed by atoms with van der Waals surface area (Å²) >= 11 is 0. The number of aromatic nitrogens is 1. The SMILES string of the molecule is CC(C)CC(C)(CN)NC(=O)c1cc[nH]c(=O)c1.Cl. The van der Waals surface area contributed by atoms with E-state index in [2.05, 4.69) is 24.1 Å². The lowest BCUT2D eigenvalue weighted by Crippen LogP contribution is -2.52. The Kier molecular flexibility index (Phi) is 6.79. The van der Waals surface area contributed by atoms with Gasteiger partial charge in [-0.2, -0.15) is 0 Å². The first-order chi connectivity index (χ1) is 8.36. The Morgan fingerprint density at radius 1 is 1.53 bits per heavy atom. The predicted octanol–water partition coefficient (Wildman–Crippen LogP) is 1.29. The Bertz CT molecular complexity index is 473. The third-order valence-corrected chi connectivity index (χ3v) is 2.76. The molecule has 0 fully saturated rings. The molecule has 1 atom stereocenters. The van der Waals surface area contributed by atoms with Gasteiger partial charge in [0.2, 0.25) is 5.56 Å². The lowest BCUT2D eigenvalue weighted by molar-refractivity contribution is 0.0898. The second kappa shape index (κ2) is 7.31. The van der Waals surface area contributed by atoms with Crippen molar-refractivity contribution in [3.63, 3.8) is 0 Å². The van der Waals surface area contributed by atoms with Crippen LogP contribution in [-0.4, -0.2) is 23.0 Å². The highest BCUT2D eigenvalue weighted by atomic mass is 35.5. The van der Waals surface area contributed by atoms with E-state index < -0.39 is 5.54 Å². The van der Waals surface area contributed by atoms with E-state index in [1.165, 1.54) is 12.3 Å². The minimum absolute atomic E-state index is 0. The number of hydrogen-bond acceptors (Lipinski definition) is 3. The fourth-order valence-corrected chi connectivity index (χ4v) is 2.02. The maximum atomic E-state index is 12.0. The van der Waals surface area contributed by atoms with Gasteiger partial charge in [-0.3, -0.25) is 9.59 Å². The molecule has 0 aromatic carbocycles. The number of carbonyl (C=O) groups is 1. The van der Waals surface area contributed by atoms with Gasteiger partial charge in [0.1, 0.15) is 0 Å². The number of H-pyrrole nitrogens is 1. The molecule has 0 saturated heterocycles. The van der Waals surface area contributed by atoms with Crippen LogP contribution in [-0.2, 0) is 0 Å². The van der Waals surface area contributed by atoms with Gasteiger partial charge in [-0.15, -0.1) is 12.4 Å². The molecule has 0 aliphatic heterocycles. The van der Waals surface area contributed by atoms with Crippen LogP contribution >= 0.6 is 12.4 Å². The van der Waals surface area contributed by atoms with Crippen molar-refractivity contribution in [1.82, 2.24) is 10.3 Å². The van der Waals surface area contributed by atoms with Crippen molar-refractivity contribution in [1.29, 1.82) is 0 Å². The van der Waals surface area contributed by atoms with Crippen LogP contribution in [0.5, 0.6) is 0 Å². The van der Waals surface area contributed by atoms with Gasteiger partial charge < -0.3 is 16.0 Å². The Balaban J connectivity index is 0.00000324. The molecule has 1 aromatic rings. The fourth-order valence-electron chi connectivity index (χ4n) is 2.02. The molecular formula is C13H22ClN3O2. The van der Waals surface area contributed by atoms with Crippen LogP contribution in [0.3, 0.4) is 0 Å². The van der Waals surface area contributed by atoms with E-state index >= 15 is 0 Å². The minimum atomic E-state index is -0.451. The molecule has 0 aliphatic carbocycles. The molecule has 0 saturated carbocycles. The molecule has 4 N–H and O–H groups in total. The number of aromatic amines is 1. The zero-order valence-corrected chi connectivity index (χ0v) is 12.3. The van der Waals surface area contributed by atoms with Crippen molar-refractivity contribution in [3.05, 3.63) is 34.2 Å². The maximum Gasteiger partial charge on any atom is 0.251 e. The molecule has 19 heavy (non-hydrogen) atoms. The minimum Gasteiger partial charge on any atom is -0.346 e. The van der Waals surface area contributed by atoms with Crippen molar-refractivity contribution in [2.24, 2.45) is 11.7 Å². The Hall–Kier alpha value is -1.33. The van der Waals surface area contributed by atoms with Crippen molar-refractivity contribution in [2.75, 3.05) is 6.54 Å². The van der Waals surface area contributed by atoms with Gasteiger partial charge >= 0.3 is 0 Å². The molecule has 108 valence electrons. The van der Waals surface area contributed by atoms with Crippen LogP contribution in [0, 0.1) is 5.92 Å². The fraction of sp³-hybridized carbons (Fsp3) is 0.538. The molecular weight excluding hydrogens is 266 g/mol. The third kappa shape index (κ3) is 5.44. The van der Waals surface area contributed by atoms with E-state index in [1.54, 1.807) is 6.07 Å². The van der Waals surface area contributed by atoms with Crippen LogP contribution in [0.4, 0.5) is 0 Å². The van der Waals surface area contributed by atoms with Gasteiger partial charge in [-0.05, 0) is 25.3 Å². The van der Waals surface area contributed by atoms with E-state index in [1.807, 2.05) is 6.92 Å². The number of pyridine rings is 1. The molecule has 1 unspecified atom stereocenters. The normalized spacial score (nSPS) is 13.5. The molecule has 0 radical (unpaired) electrons. The molecule has 1 heterocycles. The van der Waals surface area contributed by atoms with E-state index in [-0.39, 0.29) is 23.9 Å². The first-order valence-corrected chi connectivity index (χ1v) is 6.07. The summed E-state index contributed by atoms with van der Waals surface area (Å²) in [7, 11) is 0. The molecule has 0 bridgehead atoms. The average molecular weight is 288 g/mol. The molecule has 6 heteroatoms. The summed E-state index contributed by atoms with van der Waals surface area (Å²) in [6.07, 6.45) is 2.25. The van der Waals surface area contributed by atoms with E-state index in [4.69, 9.17) is 5.73 Å².